The highest BCUT2D eigenvalue weighted by Gasteiger charge is 2.37. The lowest BCUT2D eigenvalue weighted by atomic mass is 9.90. The highest BCUT2D eigenvalue weighted by atomic mass is 16.5. The summed E-state index contributed by atoms with van der Waals surface area (Å²) in [5.41, 5.74) is 1.72. The smallest absolute Gasteiger partial charge is 0.257 e. The van der Waals surface area contributed by atoms with Crippen LogP contribution in [0.2, 0.25) is 0 Å². The third-order valence-corrected chi connectivity index (χ3v) is 4.88. The average Bonchev–Trinajstić information content (AvgIpc) is 3.11. The fraction of sp³-hybridized carbons (Fsp3) is 0.400. The molecule has 1 amide bonds. The molecule has 0 radical (unpaired) electrons. The molecule has 0 N–H and O–H groups in total. The second-order valence-corrected chi connectivity index (χ2v) is 6.38. The van der Waals surface area contributed by atoms with Gasteiger partial charge in [-0.2, -0.15) is 0 Å². The van der Waals surface area contributed by atoms with Gasteiger partial charge in [0.25, 0.3) is 5.91 Å². The highest BCUT2D eigenvalue weighted by molar-refractivity contribution is 5.97. The van der Waals surface area contributed by atoms with Crippen LogP contribution in [0.3, 0.4) is 0 Å². The van der Waals surface area contributed by atoms with E-state index in [2.05, 4.69) is 4.98 Å². The van der Waals surface area contributed by atoms with E-state index < -0.39 is 0 Å². The van der Waals surface area contributed by atoms with Crippen molar-refractivity contribution in [2.24, 2.45) is 5.92 Å². The number of carbonyl (C=O) groups is 1. The average molecular weight is 356 g/mol. The van der Waals surface area contributed by atoms with E-state index in [1.54, 1.807) is 51.9 Å². The zero-order chi connectivity index (χ0) is 18.5. The van der Waals surface area contributed by atoms with Gasteiger partial charge in [0.2, 0.25) is 0 Å². The molecular weight excluding hydrogens is 332 g/mol. The first-order valence-electron chi connectivity index (χ1n) is 8.58. The Morgan fingerprint density at radius 3 is 2.54 bits per heavy atom. The van der Waals surface area contributed by atoms with E-state index in [0.29, 0.717) is 36.8 Å². The fourth-order valence-electron chi connectivity index (χ4n) is 3.55. The number of nitrogens with zero attached hydrogens (tertiary/aromatic N) is 2. The van der Waals surface area contributed by atoms with Crippen LogP contribution in [0.5, 0.6) is 11.5 Å². The van der Waals surface area contributed by atoms with Crippen LogP contribution in [0.1, 0.15) is 21.8 Å². The second kappa shape index (κ2) is 8.19. The van der Waals surface area contributed by atoms with Gasteiger partial charge in [0.1, 0.15) is 11.5 Å². The maximum absolute atomic E-state index is 13.1. The van der Waals surface area contributed by atoms with E-state index in [1.807, 2.05) is 17.0 Å². The summed E-state index contributed by atoms with van der Waals surface area (Å²) in [5.74, 6) is 1.61. The molecule has 1 aromatic heterocycles. The standard InChI is InChI=1S/C20H24N2O4/c1-24-13-15-11-22(12-18(15)14-6-8-21-9-7-14)20(23)17-5-4-16(25-2)10-19(17)26-3/h4-10,15,18H,11-13H2,1-3H3/t15-,18-/m0/s1. The van der Waals surface area contributed by atoms with E-state index in [-0.39, 0.29) is 17.7 Å². The number of methoxy groups -OCH3 is 3. The Labute approximate surface area is 153 Å². The van der Waals surface area contributed by atoms with Gasteiger partial charge in [-0.15, -0.1) is 0 Å². The van der Waals surface area contributed by atoms with Crippen molar-refractivity contribution in [2.75, 3.05) is 41.0 Å². The lowest BCUT2D eigenvalue weighted by Crippen LogP contribution is -2.29. The van der Waals surface area contributed by atoms with Gasteiger partial charge in [0, 0.05) is 50.5 Å². The van der Waals surface area contributed by atoms with Gasteiger partial charge in [0.05, 0.1) is 26.4 Å². The Hall–Kier alpha value is -2.60. The largest absolute Gasteiger partial charge is 0.497 e. The summed E-state index contributed by atoms with van der Waals surface area (Å²) in [7, 11) is 4.84. The molecule has 0 saturated carbocycles. The first kappa shape index (κ1) is 18.2. The topological polar surface area (TPSA) is 60.9 Å². The van der Waals surface area contributed by atoms with Crippen molar-refractivity contribution in [3.05, 3.63) is 53.9 Å². The molecule has 0 bridgehead atoms. The summed E-state index contributed by atoms with van der Waals surface area (Å²) in [6, 6.07) is 9.28. The van der Waals surface area contributed by atoms with Crippen LogP contribution in [0, 0.1) is 5.92 Å². The molecule has 2 heterocycles. The SMILES string of the molecule is COC[C@@H]1CN(C(=O)c2ccc(OC)cc2OC)C[C@H]1c1ccncc1. The summed E-state index contributed by atoms with van der Waals surface area (Å²) in [5, 5.41) is 0. The summed E-state index contributed by atoms with van der Waals surface area (Å²) in [6.07, 6.45) is 3.58. The monoisotopic (exact) mass is 356 g/mol. The van der Waals surface area contributed by atoms with E-state index in [4.69, 9.17) is 14.2 Å². The van der Waals surface area contributed by atoms with Crippen LogP contribution in [-0.2, 0) is 4.74 Å². The first-order chi connectivity index (χ1) is 12.7. The molecule has 0 spiro atoms. The van der Waals surface area contributed by atoms with Crippen LogP contribution in [0.15, 0.2) is 42.7 Å². The van der Waals surface area contributed by atoms with Gasteiger partial charge in [-0.05, 0) is 29.8 Å². The third-order valence-electron chi connectivity index (χ3n) is 4.88. The molecule has 2 aromatic rings. The number of hydrogen-bond acceptors (Lipinski definition) is 5. The minimum Gasteiger partial charge on any atom is -0.497 e. The predicted octanol–water partition coefficient (Wildman–Crippen LogP) is 2.60. The molecule has 1 aliphatic rings. The summed E-state index contributed by atoms with van der Waals surface area (Å²) in [4.78, 5) is 19.1. The number of carbonyl (C=O) groups excluding carboxylic acids is 1. The number of hydrogen-bond donors (Lipinski definition) is 0. The molecule has 0 unspecified atom stereocenters. The number of likely N-dealkylation sites (tertiary alicyclic amines) is 1. The predicted molar refractivity (Wildman–Crippen MR) is 97.8 cm³/mol. The minimum atomic E-state index is -0.0397. The Kier molecular flexibility index (Phi) is 5.73. The number of pyridine rings is 1. The summed E-state index contributed by atoms with van der Waals surface area (Å²) < 4.78 is 16.0. The third kappa shape index (κ3) is 3.65. The van der Waals surface area contributed by atoms with Gasteiger partial charge in [-0.25, -0.2) is 0 Å². The van der Waals surface area contributed by atoms with Crippen LogP contribution < -0.4 is 9.47 Å². The Morgan fingerprint density at radius 2 is 1.88 bits per heavy atom. The number of amides is 1. The fourth-order valence-corrected chi connectivity index (χ4v) is 3.55. The van der Waals surface area contributed by atoms with Crippen LogP contribution >= 0.6 is 0 Å². The summed E-state index contributed by atoms with van der Waals surface area (Å²) in [6.45, 7) is 1.90. The molecular formula is C20H24N2O4. The lowest BCUT2D eigenvalue weighted by molar-refractivity contribution is 0.0772. The molecule has 1 fully saturated rings. The maximum Gasteiger partial charge on any atom is 0.257 e. The quantitative estimate of drug-likeness (QED) is 0.796. The first-order valence-corrected chi connectivity index (χ1v) is 8.58. The molecule has 6 nitrogen and oxygen atoms in total. The Morgan fingerprint density at radius 1 is 1.12 bits per heavy atom. The van der Waals surface area contributed by atoms with Gasteiger partial charge in [-0.1, -0.05) is 0 Å². The summed E-state index contributed by atoms with van der Waals surface area (Å²) >= 11 is 0. The van der Waals surface area contributed by atoms with Crippen molar-refractivity contribution in [1.29, 1.82) is 0 Å². The van der Waals surface area contributed by atoms with Gasteiger partial charge in [0.15, 0.2) is 0 Å². The molecule has 3 rings (SSSR count). The molecule has 6 heteroatoms. The van der Waals surface area contributed by atoms with Gasteiger partial charge < -0.3 is 19.1 Å². The molecule has 138 valence electrons. The van der Waals surface area contributed by atoms with E-state index in [0.717, 1.165) is 0 Å². The van der Waals surface area contributed by atoms with Crippen molar-refractivity contribution >= 4 is 5.91 Å². The molecule has 2 atom stereocenters. The minimum absolute atomic E-state index is 0.0397. The Balaban J connectivity index is 1.84. The van der Waals surface area contributed by atoms with Crippen molar-refractivity contribution < 1.29 is 19.0 Å². The number of aromatic nitrogens is 1. The zero-order valence-corrected chi connectivity index (χ0v) is 15.3. The molecule has 26 heavy (non-hydrogen) atoms. The maximum atomic E-state index is 13.1. The van der Waals surface area contributed by atoms with Crippen molar-refractivity contribution in [3.63, 3.8) is 0 Å². The van der Waals surface area contributed by atoms with E-state index in [9.17, 15) is 4.79 Å². The number of ether oxygens (including phenoxy) is 3. The molecule has 1 aromatic carbocycles. The molecule has 1 aliphatic heterocycles. The van der Waals surface area contributed by atoms with Crippen LogP contribution in [-0.4, -0.2) is 56.8 Å². The van der Waals surface area contributed by atoms with E-state index in [1.165, 1.54) is 5.56 Å². The normalized spacial score (nSPS) is 19.4. The van der Waals surface area contributed by atoms with Gasteiger partial charge in [-0.3, -0.25) is 9.78 Å². The zero-order valence-electron chi connectivity index (χ0n) is 15.3. The van der Waals surface area contributed by atoms with Gasteiger partial charge >= 0.3 is 0 Å². The van der Waals surface area contributed by atoms with Crippen molar-refractivity contribution in [2.45, 2.75) is 5.92 Å². The Bertz CT molecular complexity index is 751. The number of benzene rings is 1. The van der Waals surface area contributed by atoms with Crippen molar-refractivity contribution in [1.82, 2.24) is 9.88 Å². The van der Waals surface area contributed by atoms with Crippen molar-refractivity contribution in [3.8, 4) is 11.5 Å². The second-order valence-electron chi connectivity index (χ2n) is 6.38. The van der Waals surface area contributed by atoms with E-state index >= 15 is 0 Å². The highest BCUT2D eigenvalue weighted by Crippen LogP contribution is 2.35. The number of rotatable bonds is 6. The van der Waals surface area contributed by atoms with Crippen LogP contribution in [0.4, 0.5) is 0 Å². The molecule has 1 saturated heterocycles. The molecule has 0 aliphatic carbocycles. The lowest BCUT2D eigenvalue weighted by Gasteiger charge is -2.18. The van der Waals surface area contributed by atoms with Crippen LogP contribution in [0.25, 0.3) is 0 Å².